The number of ketones is 1. The average molecular weight is 357 g/mol. The highest BCUT2D eigenvalue weighted by atomic mass is 16.5. The third-order valence-electron chi connectivity index (χ3n) is 8.45. The van der Waals surface area contributed by atoms with Gasteiger partial charge in [0.15, 0.2) is 5.78 Å². The van der Waals surface area contributed by atoms with Gasteiger partial charge in [0.1, 0.15) is 6.10 Å². The molecule has 6 atom stereocenters. The van der Waals surface area contributed by atoms with Gasteiger partial charge in [-0.25, -0.2) is 0 Å². The molecule has 26 heavy (non-hydrogen) atoms. The van der Waals surface area contributed by atoms with Gasteiger partial charge in [-0.3, -0.25) is 9.59 Å². The Kier molecular flexibility index (Phi) is 4.20. The van der Waals surface area contributed by atoms with Crippen LogP contribution in [0.2, 0.25) is 0 Å². The fourth-order valence-corrected chi connectivity index (χ4v) is 7.23. The van der Waals surface area contributed by atoms with Crippen LogP contribution in [0.4, 0.5) is 0 Å². The quantitative estimate of drug-likeness (QED) is 0.490. The molecule has 0 bridgehead atoms. The van der Waals surface area contributed by atoms with E-state index < -0.39 is 0 Å². The Labute approximate surface area is 157 Å². The van der Waals surface area contributed by atoms with E-state index >= 15 is 0 Å². The Morgan fingerprint density at radius 2 is 1.92 bits per heavy atom. The van der Waals surface area contributed by atoms with Crippen LogP contribution in [0.5, 0.6) is 0 Å². The monoisotopic (exact) mass is 356 g/mol. The van der Waals surface area contributed by atoms with E-state index in [1.165, 1.54) is 37.3 Å². The van der Waals surface area contributed by atoms with E-state index in [1.54, 1.807) is 0 Å². The van der Waals surface area contributed by atoms with Crippen LogP contribution in [0.15, 0.2) is 23.3 Å². The van der Waals surface area contributed by atoms with E-state index in [4.69, 9.17) is 4.74 Å². The van der Waals surface area contributed by atoms with Crippen molar-refractivity contribution in [3.8, 4) is 0 Å². The molecule has 0 amide bonds. The maximum absolute atomic E-state index is 11.9. The van der Waals surface area contributed by atoms with Crippen LogP contribution in [0.1, 0.15) is 72.6 Å². The number of ether oxygens (including phenoxy) is 1. The molecule has 0 aromatic rings. The normalized spacial score (nSPS) is 46.2. The second-order valence-electron chi connectivity index (χ2n) is 9.50. The zero-order valence-electron chi connectivity index (χ0n) is 16.6. The number of allylic oxidation sites excluding steroid dienone is 2. The van der Waals surface area contributed by atoms with Gasteiger partial charge < -0.3 is 4.74 Å². The van der Waals surface area contributed by atoms with Gasteiger partial charge in [-0.2, -0.15) is 0 Å². The molecule has 0 spiro atoms. The first kappa shape index (κ1) is 18.0. The summed E-state index contributed by atoms with van der Waals surface area (Å²) in [6.45, 7) is 8.45. The summed E-state index contributed by atoms with van der Waals surface area (Å²) in [5, 5.41) is 0. The van der Waals surface area contributed by atoms with E-state index in [9.17, 15) is 9.59 Å². The molecule has 3 heteroatoms. The third kappa shape index (κ3) is 2.46. The van der Waals surface area contributed by atoms with Gasteiger partial charge >= 0.3 is 5.97 Å². The summed E-state index contributed by atoms with van der Waals surface area (Å²) in [6, 6.07) is 0. The first-order chi connectivity index (χ1) is 12.3. The van der Waals surface area contributed by atoms with Crippen molar-refractivity contribution in [1.29, 1.82) is 0 Å². The molecular formula is C23H32O3. The lowest BCUT2D eigenvalue weighted by Crippen LogP contribution is -2.49. The Bertz CT molecular complexity index is 702. The molecule has 3 fully saturated rings. The Balaban J connectivity index is 1.67. The lowest BCUT2D eigenvalue weighted by Gasteiger charge is -2.57. The molecular weight excluding hydrogens is 324 g/mol. The van der Waals surface area contributed by atoms with E-state index in [1.807, 2.05) is 6.08 Å². The van der Waals surface area contributed by atoms with Gasteiger partial charge in [0.05, 0.1) is 0 Å². The molecule has 0 radical (unpaired) electrons. The van der Waals surface area contributed by atoms with Crippen LogP contribution in [0, 0.1) is 28.6 Å². The van der Waals surface area contributed by atoms with Crippen molar-refractivity contribution in [2.45, 2.75) is 78.7 Å². The van der Waals surface area contributed by atoms with Gasteiger partial charge in [-0.05, 0) is 85.7 Å². The fraction of sp³-hybridized carbons (Fsp3) is 0.739. The Morgan fingerprint density at radius 1 is 1.15 bits per heavy atom. The topological polar surface area (TPSA) is 43.4 Å². The minimum absolute atomic E-state index is 0.0380. The van der Waals surface area contributed by atoms with Gasteiger partial charge in [-0.15, -0.1) is 0 Å². The van der Waals surface area contributed by atoms with E-state index in [-0.39, 0.29) is 22.9 Å². The fourth-order valence-electron chi connectivity index (χ4n) is 7.23. The molecule has 0 aliphatic heterocycles. The average Bonchev–Trinajstić information content (AvgIpc) is 2.86. The minimum atomic E-state index is -0.167. The maximum atomic E-state index is 11.9. The largest absolute Gasteiger partial charge is 0.458 e. The first-order valence-electron chi connectivity index (χ1n) is 10.4. The van der Waals surface area contributed by atoms with Crippen LogP contribution in [-0.4, -0.2) is 17.9 Å². The number of carbonyl (C=O) groups excluding carboxylic acids is 2. The molecule has 4 aliphatic rings. The third-order valence-corrected chi connectivity index (χ3v) is 8.45. The highest BCUT2D eigenvalue weighted by Gasteiger charge is 2.60. The predicted octanol–water partition coefficient (Wildman–Crippen LogP) is 5.01. The van der Waals surface area contributed by atoms with E-state index in [0.29, 0.717) is 30.0 Å². The summed E-state index contributed by atoms with van der Waals surface area (Å²) < 4.78 is 5.73. The van der Waals surface area contributed by atoms with Crippen molar-refractivity contribution in [2.75, 3.05) is 0 Å². The Morgan fingerprint density at radius 3 is 2.62 bits per heavy atom. The van der Waals surface area contributed by atoms with Crippen LogP contribution in [0.3, 0.4) is 0 Å². The van der Waals surface area contributed by atoms with Crippen LogP contribution in [-0.2, 0) is 14.3 Å². The molecule has 0 N–H and O–H groups in total. The van der Waals surface area contributed by atoms with Crippen molar-refractivity contribution >= 4 is 11.8 Å². The van der Waals surface area contributed by atoms with Crippen molar-refractivity contribution in [2.24, 2.45) is 28.6 Å². The summed E-state index contributed by atoms with van der Waals surface area (Å²) in [5.41, 5.74) is 3.13. The molecule has 0 aromatic heterocycles. The van der Waals surface area contributed by atoms with Crippen LogP contribution in [0.25, 0.3) is 0 Å². The van der Waals surface area contributed by atoms with Gasteiger partial charge in [0.2, 0.25) is 0 Å². The number of rotatable bonds is 1. The second-order valence-corrected chi connectivity index (χ2v) is 9.50. The highest BCUT2D eigenvalue weighted by Crippen LogP contribution is 2.66. The van der Waals surface area contributed by atoms with E-state index in [2.05, 4.69) is 26.8 Å². The second kappa shape index (κ2) is 6.07. The summed E-state index contributed by atoms with van der Waals surface area (Å²) >= 11 is 0. The number of hydrogen-bond donors (Lipinski definition) is 0. The molecule has 4 aliphatic carbocycles. The molecule has 142 valence electrons. The summed E-state index contributed by atoms with van der Waals surface area (Å²) in [6.07, 6.45) is 11.5. The number of esters is 1. The summed E-state index contributed by atoms with van der Waals surface area (Å²) in [4.78, 5) is 23.6. The summed E-state index contributed by atoms with van der Waals surface area (Å²) in [5.74, 6) is 2.10. The van der Waals surface area contributed by atoms with Crippen LogP contribution < -0.4 is 0 Å². The van der Waals surface area contributed by atoms with Crippen LogP contribution >= 0.6 is 0 Å². The molecule has 3 nitrogen and oxygen atoms in total. The molecule has 0 aromatic carbocycles. The minimum Gasteiger partial charge on any atom is -0.458 e. The molecule has 4 rings (SSSR count). The number of carbonyl (C=O) groups is 2. The van der Waals surface area contributed by atoms with Gasteiger partial charge in [-0.1, -0.05) is 25.5 Å². The number of fused-ring (bicyclic) bond motifs is 5. The molecule has 0 saturated heterocycles. The zero-order valence-corrected chi connectivity index (χ0v) is 16.6. The highest BCUT2D eigenvalue weighted by molar-refractivity contribution is 5.91. The van der Waals surface area contributed by atoms with Crippen molar-refractivity contribution in [3.05, 3.63) is 23.3 Å². The summed E-state index contributed by atoms with van der Waals surface area (Å²) in [7, 11) is 0. The SMILES string of the molecule is CC=C1C(OC(C)=O)CC2C3CCC4=CC(=O)CCC4(C)C3CCC12C. The van der Waals surface area contributed by atoms with Crippen molar-refractivity contribution in [1.82, 2.24) is 0 Å². The number of hydrogen-bond acceptors (Lipinski definition) is 3. The smallest absolute Gasteiger partial charge is 0.303 e. The predicted molar refractivity (Wildman–Crippen MR) is 101 cm³/mol. The van der Waals surface area contributed by atoms with E-state index in [0.717, 1.165) is 19.3 Å². The molecule has 3 saturated carbocycles. The lowest BCUT2D eigenvalue weighted by molar-refractivity contribution is -0.144. The van der Waals surface area contributed by atoms with Gasteiger partial charge in [0.25, 0.3) is 0 Å². The Hall–Kier alpha value is -1.38. The van der Waals surface area contributed by atoms with Gasteiger partial charge in [0, 0.05) is 13.3 Å². The standard InChI is InChI=1S/C23H32O3/c1-5-18-21(26-14(2)24)13-20-17-7-6-15-12-16(25)8-10-22(15,3)19(17)9-11-23(18,20)4/h5,12,17,19-21H,6-11,13H2,1-4H3. The van der Waals surface area contributed by atoms with Crippen molar-refractivity contribution < 1.29 is 14.3 Å². The molecule has 0 heterocycles. The zero-order chi connectivity index (χ0) is 18.7. The van der Waals surface area contributed by atoms with Crippen molar-refractivity contribution in [3.63, 3.8) is 0 Å². The lowest BCUT2D eigenvalue weighted by atomic mass is 9.47. The molecule has 6 unspecified atom stereocenters. The first-order valence-corrected chi connectivity index (χ1v) is 10.4. The maximum Gasteiger partial charge on any atom is 0.303 e.